The van der Waals surface area contributed by atoms with Gasteiger partial charge in [0.1, 0.15) is 0 Å². The van der Waals surface area contributed by atoms with Crippen LogP contribution >= 0.6 is 0 Å². The molecule has 0 amide bonds. The first-order valence-electron chi connectivity index (χ1n) is 7.69. The molecule has 0 aliphatic carbocycles. The predicted molar refractivity (Wildman–Crippen MR) is 87.2 cm³/mol. The monoisotopic (exact) mass is 341 g/mol. The average molecular weight is 341 g/mol. The summed E-state index contributed by atoms with van der Waals surface area (Å²) in [6, 6.07) is 5.81. The van der Waals surface area contributed by atoms with E-state index in [1.807, 2.05) is 18.2 Å². The summed E-state index contributed by atoms with van der Waals surface area (Å²) in [5, 5.41) is 0. The first kappa shape index (κ1) is 16.5. The van der Waals surface area contributed by atoms with E-state index < -0.39 is 10.0 Å². The zero-order valence-corrected chi connectivity index (χ0v) is 14.3. The molecule has 1 aromatic carbocycles. The molecular weight excluding hydrogens is 318 g/mol. The fraction of sp³-hybridized carbons (Fsp3) is 0.600. The number of piperazine rings is 1. The van der Waals surface area contributed by atoms with Gasteiger partial charge in [0.05, 0.1) is 6.26 Å². The summed E-state index contributed by atoms with van der Waals surface area (Å²) < 4.78 is 36.5. The molecule has 23 heavy (non-hydrogen) atoms. The second-order valence-corrected chi connectivity index (χ2v) is 7.92. The van der Waals surface area contributed by atoms with Gasteiger partial charge in [-0.3, -0.25) is 4.90 Å². The van der Waals surface area contributed by atoms with Crippen molar-refractivity contribution in [3.05, 3.63) is 23.8 Å². The molecule has 3 rings (SSSR count). The molecule has 0 bridgehead atoms. The molecule has 0 aromatic heterocycles. The van der Waals surface area contributed by atoms with Crippen LogP contribution in [0.4, 0.5) is 0 Å². The Kier molecular flexibility index (Phi) is 4.77. The molecule has 0 saturated carbocycles. The third-order valence-corrected chi connectivity index (χ3v) is 4.99. The van der Waals surface area contributed by atoms with Gasteiger partial charge in [0, 0.05) is 38.8 Å². The van der Waals surface area contributed by atoms with Crippen LogP contribution in [0.1, 0.15) is 11.6 Å². The Morgan fingerprint density at radius 2 is 1.87 bits per heavy atom. The van der Waals surface area contributed by atoms with E-state index in [1.165, 1.54) is 6.26 Å². The van der Waals surface area contributed by atoms with Crippen LogP contribution in [-0.2, 0) is 10.0 Å². The van der Waals surface area contributed by atoms with Gasteiger partial charge in [-0.25, -0.2) is 13.1 Å². The van der Waals surface area contributed by atoms with E-state index in [1.54, 1.807) is 0 Å². The lowest BCUT2D eigenvalue weighted by atomic mass is 10.0. The molecular formula is C15H23N3O4S. The minimum atomic E-state index is -3.23. The Morgan fingerprint density at radius 1 is 1.17 bits per heavy atom. The van der Waals surface area contributed by atoms with E-state index in [4.69, 9.17) is 9.47 Å². The van der Waals surface area contributed by atoms with Crippen molar-refractivity contribution in [2.45, 2.75) is 6.04 Å². The molecule has 1 aromatic rings. The van der Waals surface area contributed by atoms with Gasteiger partial charge in [0.25, 0.3) is 0 Å². The summed E-state index contributed by atoms with van der Waals surface area (Å²) >= 11 is 0. The van der Waals surface area contributed by atoms with Gasteiger partial charge in [-0.15, -0.1) is 0 Å². The van der Waals surface area contributed by atoms with Crippen molar-refractivity contribution >= 4 is 10.0 Å². The van der Waals surface area contributed by atoms with Crippen LogP contribution in [0.15, 0.2) is 18.2 Å². The lowest BCUT2D eigenvalue weighted by Crippen LogP contribution is -2.48. The fourth-order valence-corrected chi connectivity index (χ4v) is 3.40. The third kappa shape index (κ3) is 4.14. The zero-order chi connectivity index (χ0) is 16.4. The summed E-state index contributed by atoms with van der Waals surface area (Å²) in [6.45, 7) is 4.34. The number of sulfonamides is 1. The summed E-state index contributed by atoms with van der Waals surface area (Å²) in [5.74, 6) is 1.46. The minimum absolute atomic E-state index is 0.0204. The van der Waals surface area contributed by atoms with Crippen molar-refractivity contribution in [2.75, 3.05) is 52.8 Å². The Hall–Kier alpha value is -1.35. The van der Waals surface area contributed by atoms with Crippen LogP contribution in [0.5, 0.6) is 11.5 Å². The van der Waals surface area contributed by atoms with E-state index >= 15 is 0 Å². The Labute approximate surface area is 137 Å². The molecule has 1 atom stereocenters. The van der Waals surface area contributed by atoms with Crippen molar-refractivity contribution in [2.24, 2.45) is 0 Å². The number of rotatable bonds is 5. The maximum atomic E-state index is 11.5. The lowest BCUT2D eigenvalue weighted by molar-refractivity contribution is 0.112. The van der Waals surface area contributed by atoms with Crippen molar-refractivity contribution in [1.29, 1.82) is 0 Å². The van der Waals surface area contributed by atoms with Crippen LogP contribution in [0.25, 0.3) is 0 Å². The van der Waals surface area contributed by atoms with Crippen molar-refractivity contribution in [3.63, 3.8) is 0 Å². The van der Waals surface area contributed by atoms with E-state index in [0.29, 0.717) is 6.54 Å². The number of nitrogens with zero attached hydrogens (tertiary/aromatic N) is 2. The summed E-state index contributed by atoms with van der Waals surface area (Å²) in [7, 11) is -1.13. The summed E-state index contributed by atoms with van der Waals surface area (Å²) in [5.41, 5.74) is 1.04. The predicted octanol–water partition coefficient (Wildman–Crippen LogP) is 0.253. The summed E-state index contributed by atoms with van der Waals surface area (Å²) in [6.07, 6.45) is 1.19. The average Bonchev–Trinajstić information content (AvgIpc) is 2.96. The maximum Gasteiger partial charge on any atom is 0.231 e. The van der Waals surface area contributed by atoms with Crippen molar-refractivity contribution in [1.82, 2.24) is 14.5 Å². The minimum Gasteiger partial charge on any atom is -0.454 e. The number of hydrogen-bond acceptors (Lipinski definition) is 6. The number of nitrogens with one attached hydrogen (secondary N) is 1. The number of fused-ring (bicyclic) bond motifs is 1. The highest BCUT2D eigenvalue weighted by Gasteiger charge is 2.26. The van der Waals surface area contributed by atoms with Crippen LogP contribution in [-0.4, -0.2) is 71.0 Å². The highest BCUT2D eigenvalue weighted by atomic mass is 32.2. The van der Waals surface area contributed by atoms with Gasteiger partial charge < -0.3 is 14.4 Å². The van der Waals surface area contributed by atoms with Crippen LogP contribution in [0.2, 0.25) is 0 Å². The van der Waals surface area contributed by atoms with E-state index in [9.17, 15) is 8.42 Å². The normalized spacial score (nSPS) is 20.6. The van der Waals surface area contributed by atoms with Crippen molar-refractivity contribution in [3.8, 4) is 11.5 Å². The number of hydrogen-bond donors (Lipinski definition) is 1. The van der Waals surface area contributed by atoms with E-state index in [0.717, 1.165) is 43.2 Å². The number of benzene rings is 1. The van der Waals surface area contributed by atoms with Gasteiger partial charge in [-0.2, -0.15) is 0 Å². The van der Waals surface area contributed by atoms with Gasteiger partial charge in [-0.1, -0.05) is 6.07 Å². The molecule has 2 aliphatic heterocycles. The molecule has 7 nitrogen and oxygen atoms in total. The summed E-state index contributed by atoms with van der Waals surface area (Å²) in [4.78, 5) is 4.59. The smallest absolute Gasteiger partial charge is 0.231 e. The second kappa shape index (κ2) is 6.64. The first-order valence-corrected chi connectivity index (χ1v) is 9.58. The molecule has 1 N–H and O–H groups in total. The molecule has 1 fully saturated rings. The molecule has 0 spiro atoms. The topological polar surface area (TPSA) is 71.1 Å². The molecule has 0 unspecified atom stereocenters. The van der Waals surface area contributed by atoms with Crippen LogP contribution in [0.3, 0.4) is 0 Å². The van der Waals surface area contributed by atoms with E-state index in [-0.39, 0.29) is 12.8 Å². The molecule has 0 radical (unpaired) electrons. The largest absolute Gasteiger partial charge is 0.454 e. The maximum absolute atomic E-state index is 11.5. The Balaban J connectivity index is 1.82. The molecule has 1 saturated heterocycles. The van der Waals surface area contributed by atoms with Gasteiger partial charge in [0.15, 0.2) is 11.5 Å². The second-order valence-electron chi connectivity index (χ2n) is 6.09. The zero-order valence-electron chi connectivity index (χ0n) is 13.5. The molecule has 2 heterocycles. The molecule has 128 valence electrons. The number of ether oxygens (including phenoxy) is 2. The first-order chi connectivity index (χ1) is 10.9. The third-order valence-electron chi connectivity index (χ3n) is 4.30. The SMILES string of the molecule is CN1CCN([C@H](CNS(C)(=O)=O)c2ccc3c(c2)OCO3)CC1. The highest BCUT2D eigenvalue weighted by Crippen LogP contribution is 2.35. The Bertz CT molecular complexity index is 657. The van der Waals surface area contributed by atoms with Crippen LogP contribution < -0.4 is 14.2 Å². The molecule has 8 heteroatoms. The van der Waals surface area contributed by atoms with Gasteiger partial charge in [0.2, 0.25) is 16.8 Å². The quantitative estimate of drug-likeness (QED) is 0.828. The lowest BCUT2D eigenvalue weighted by Gasteiger charge is -2.38. The molecule has 2 aliphatic rings. The van der Waals surface area contributed by atoms with E-state index in [2.05, 4.69) is 21.6 Å². The highest BCUT2D eigenvalue weighted by molar-refractivity contribution is 7.88. The van der Waals surface area contributed by atoms with Gasteiger partial charge >= 0.3 is 0 Å². The van der Waals surface area contributed by atoms with Gasteiger partial charge in [-0.05, 0) is 24.7 Å². The number of likely N-dealkylation sites (N-methyl/N-ethyl adjacent to an activating group) is 1. The van der Waals surface area contributed by atoms with Crippen molar-refractivity contribution < 1.29 is 17.9 Å². The standard InChI is InChI=1S/C15H23N3O4S/c1-17-5-7-18(8-6-17)13(10-16-23(2,19)20)12-3-4-14-15(9-12)22-11-21-14/h3-4,9,13,16H,5-8,10-11H2,1-2H3/t13-/m1/s1. The Morgan fingerprint density at radius 3 is 2.57 bits per heavy atom. The fourth-order valence-electron chi connectivity index (χ4n) is 2.94. The van der Waals surface area contributed by atoms with Crippen LogP contribution in [0, 0.1) is 0 Å².